The average molecular weight is 541 g/mol. The van der Waals surface area contributed by atoms with Gasteiger partial charge in [0.15, 0.2) is 0 Å². The van der Waals surface area contributed by atoms with Crippen LogP contribution in [0, 0.1) is 0 Å². The Kier molecular flexibility index (Phi) is 5.70. The number of benzene rings is 2. The van der Waals surface area contributed by atoms with Crippen molar-refractivity contribution in [2.45, 2.75) is 13.0 Å². The van der Waals surface area contributed by atoms with Crippen LogP contribution < -0.4 is 0 Å². The minimum absolute atomic E-state index is 0.0134. The van der Waals surface area contributed by atoms with E-state index in [1.807, 2.05) is 0 Å². The molecule has 31 heavy (non-hydrogen) atoms. The highest BCUT2D eigenvalue weighted by molar-refractivity contribution is 6.51. The van der Waals surface area contributed by atoms with E-state index < -0.39 is 29.7 Å². The minimum atomic E-state index is -0.895. The van der Waals surface area contributed by atoms with Crippen molar-refractivity contribution in [3.63, 3.8) is 0 Å². The van der Waals surface area contributed by atoms with Crippen molar-refractivity contribution in [1.29, 1.82) is 0 Å². The zero-order valence-corrected chi connectivity index (χ0v) is 19.8. The molecule has 0 N–H and O–H groups in total. The molecule has 2 aliphatic rings. The lowest BCUT2D eigenvalue weighted by atomic mass is 10.1. The first-order valence-corrected chi connectivity index (χ1v) is 10.8. The molecular weight excluding hydrogens is 533 g/mol. The van der Waals surface area contributed by atoms with E-state index in [1.165, 1.54) is 19.1 Å². The zero-order valence-electron chi connectivity index (χ0n) is 15.2. The molecule has 12 heteroatoms. The number of halogens is 6. The Bertz CT molecular complexity index is 1240. The maximum Gasteiger partial charge on any atom is 0.263 e. The highest BCUT2D eigenvalue weighted by Gasteiger charge is 2.45. The first-order valence-electron chi connectivity index (χ1n) is 8.56. The number of carbonyl (C=O) groups is 4. The van der Waals surface area contributed by atoms with Gasteiger partial charge in [-0.05, 0) is 19.1 Å². The summed E-state index contributed by atoms with van der Waals surface area (Å²) >= 11 is 36.2. The van der Waals surface area contributed by atoms with Gasteiger partial charge in [-0.3, -0.25) is 29.0 Å². The van der Waals surface area contributed by atoms with Crippen molar-refractivity contribution in [2.24, 2.45) is 0 Å². The molecule has 2 heterocycles. The molecule has 0 saturated heterocycles. The maximum absolute atomic E-state index is 12.9. The highest BCUT2D eigenvalue weighted by Crippen LogP contribution is 2.41. The third-order valence-corrected chi connectivity index (χ3v) is 7.55. The summed E-state index contributed by atoms with van der Waals surface area (Å²) in [7, 11) is 0. The number of imide groups is 2. The van der Waals surface area contributed by atoms with Gasteiger partial charge in [-0.15, -0.1) is 0 Å². The second kappa shape index (κ2) is 7.80. The van der Waals surface area contributed by atoms with Crippen LogP contribution in [0.15, 0.2) is 12.1 Å². The minimum Gasteiger partial charge on any atom is -0.272 e. The van der Waals surface area contributed by atoms with Crippen molar-refractivity contribution in [2.75, 3.05) is 6.54 Å². The first-order chi connectivity index (χ1) is 14.5. The molecule has 0 spiro atoms. The molecule has 0 radical (unpaired) electrons. The average Bonchev–Trinajstić information content (AvgIpc) is 3.09. The SMILES string of the molecule is CC(CN1C(=O)c2cc(Cl)c(Cl)c(Cl)c2C1=O)N1C(=O)c2cc(Cl)c(Cl)c(Cl)c2C1=O. The Hall–Kier alpha value is -1.54. The van der Waals surface area contributed by atoms with Crippen molar-refractivity contribution >= 4 is 93.2 Å². The summed E-state index contributed by atoms with van der Waals surface area (Å²) in [6.45, 7) is 1.21. The molecule has 0 fully saturated rings. The molecule has 2 aliphatic heterocycles. The van der Waals surface area contributed by atoms with Gasteiger partial charge in [-0.2, -0.15) is 0 Å². The monoisotopic (exact) mass is 538 g/mol. The van der Waals surface area contributed by atoms with Crippen LogP contribution in [0.4, 0.5) is 0 Å². The fourth-order valence-corrected chi connectivity index (χ4v) is 4.94. The number of carbonyl (C=O) groups excluding carboxylic acids is 4. The molecule has 4 amide bonds. The fraction of sp³-hybridized carbons (Fsp3) is 0.158. The molecule has 0 bridgehead atoms. The van der Waals surface area contributed by atoms with Crippen LogP contribution in [-0.2, 0) is 0 Å². The summed E-state index contributed by atoms with van der Waals surface area (Å²) in [6.07, 6.45) is 0. The molecule has 2 aromatic carbocycles. The second-order valence-corrected chi connectivity index (χ2v) is 9.19. The zero-order chi connectivity index (χ0) is 22.9. The number of nitrogens with zero attached hydrogens (tertiary/aromatic N) is 2. The van der Waals surface area contributed by atoms with Gasteiger partial charge in [0.1, 0.15) is 0 Å². The molecule has 0 aromatic heterocycles. The highest BCUT2D eigenvalue weighted by atomic mass is 35.5. The summed E-state index contributed by atoms with van der Waals surface area (Å²) in [4.78, 5) is 53.2. The van der Waals surface area contributed by atoms with Gasteiger partial charge in [-0.1, -0.05) is 69.6 Å². The lowest BCUT2D eigenvalue weighted by Crippen LogP contribution is -2.46. The van der Waals surface area contributed by atoms with E-state index in [-0.39, 0.29) is 58.9 Å². The lowest BCUT2D eigenvalue weighted by Gasteiger charge is -2.26. The van der Waals surface area contributed by atoms with E-state index in [0.717, 1.165) is 9.80 Å². The summed E-state index contributed by atoms with van der Waals surface area (Å²) in [5, 5.41) is -0.359. The van der Waals surface area contributed by atoms with Crippen LogP contribution in [0.5, 0.6) is 0 Å². The summed E-state index contributed by atoms with van der Waals surface area (Å²) in [6, 6.07) is 1.61. The number of amides is 4. The van der Waals surface area contributed by atoms with E-state index in [1.54, 1.807) is 0 Å². The Balaban J connectivity index is 1.66. The van der Waals surface area contributed by atoms with Crippen LogP contribution in [0.2, 0.25) is 30.1 Å². The fourth-order valence-electron chi connectivity index (χ4n) is 3.57. The van der Waals surface area contributed by atoms with Crippen molar-refractivity contribution < 1.29 is 19.2 Å². The van der Waals surface area contributed by atoms with Crippen LogP contribution in [-0.4, -0.2) is 46.0 Å². The van der Waals surface area contributed by atoms with Gasteiger partial charge in [0.2, 0.25) is 0 Å². The number of hydrogen-bond acceptors (Lipinski definition) is 4. The Morgan fingerprint density at radius 3 is 1.65 bits per heavy atom. The van der Waals surface area contributed by atoms with E-state index in [0.29, 0.717) is 0 Å². The van der Waals surface area contributed by atoms with Gasteiger partial charge in [0.25, 0.3) is 23.6 Å². The van der Waals surface area contributed by atoms with Gasteiger partial charge in [0, 0.05) is 0 Å². The molecule has 160 valence electrons. The topological polar surface area (TPSA) is 74.8 Å². The van der Waals surface area contributed by atoms with Crippen LogP contribution >= 0.6 is 69.6 Å². The van der Waals surface area contributed by atoms with Crippen molar-refractivity contribution in [3.05, 3.63) is 64.5 Å². The molecule has 2 aromatic rings. The third kappa shape index (κ3) is 3.24. The smallest absolute Gasteiger partial charge is 0.263 e. The normalized spacial score (nSPS) is 16.4. The molecule has 6 nitrogen and oxygen atoms in total. The Morgan fingerprint density at radius 1 is 0.677 bits per heavy atom. The van der Waals surface area contributed by atoms with Gasteiger partial charge < -0.3 is 0 Å². The van der Waals surface area contributed by atoms with Gasteiger partial charge >= 0.3 is 0 Å². The summed E-state index contributed by atoms with van der Waals surface area (Å²) < 4.78 is 0. The summed E-state index contributed by atoms with van der Waals surface area (Å²) in [5.74, 6) is -2.77. The lowest BCUT2D eigenvalue weighted by molar-refractivity contribution is 0.0492. The number of fused-ring (bicyclic) bond motifs is 2. The number of hydrogen-bond donors (Lipinski definition) is 0. The summed E-state index contributed by atoms with van der Waals surface area (Å²) in [5.41, 5.74) is -0.199. The van der Waals surface area contributed by atoms with Crippen LogP contribution in [0.3, 0.4) is 0 Å². The third-order valence-electron chi connectivity index (χ3n) is 5.03. The van der Waals surface area contributed by atoms with Crippen LogP contribution in [0.25, 0.3) is 0 Å². The number of rotatable bonds is 3. The van der Waals surface area contributed by atoms with Crippen molar-refractivity contribution in [3.8, 4) is 0 Å². The predicted molar refractivity (Wildman–Crippen MR) is 118 cm³/mol. The van der Waals surface area contributed by atoms with Crippen molar-refractivity contribution in [1.82, 2.24) is 9.80 Å². The molecule has 0 aliphatic carbocycles. The predicted octanol–water partition coefficient (Wildman–Crippen LogP) is 5.89. The quantitative estimate of drug-likeness (QED) is 0.359. The van der Waals surface area contributed by atoms with Gasteiger partial charge in [-0.25, -0.2) is 0 Å². The maximum atomic E-state index is 12.9. The molecule has 1 atom stereocenters. The molecule has 0 saturated carbocycles. The van der Waals surface area contributed by atoms with E-state index in [4.69, 9.17) is 69.6 Å². The Labute approximate surface area is 205 Å². The van der Waals surface area contributed by atoms with Gasteiger partial charge in [0.05, 0.1) is 65.0 Å². The van der Waals surface area contributed by atoms with E-state index >= 15 is 0 Å². The van der Waals surface area contributed by atoms with E-state index in [2.05, 4.69) is 0 Å². The largest absolute Gasteiger partial charge is 0.272 e. The second-order valence-electron chi connectivity index (χ2n) is 6.87. The molecule has 1 unspecified atom stereocenters. The standard InChI is InChI=1S/C19H8Cl6N2O4/c1-5(27-17(29)7-3-9(21)13(23)15(25)11(7)19(27)31)4-26-16(28)6-2-8(20)12(22)14(24)10(6)18(26)30/h2-3,5H,4H2,1H3. The Morgan fingerprint density at radius 2 is 1.13 bits per heavy atom. The first kappa shape index (κ1) is 22.6. The molecule has 4 rings (SSSR count). The molecular formula is C19H8Cl6N2O4. The van der Waals surface area contributed by atoms with E-state index in [9.17, 15) is 19.2 Å². The van der Waals surface area contributed by atoms with Crippen LogP contribution in [0.1, 0.15) is 48.4 Å².